The molecular formula is C2HF2LiN3O4S2. The minimum atomic E-state index is -5.23. The van der Waals surface area contributed by atoms with Crippen LogP contribution in [-0.2, 0) is 20.4 Å². The average molecular weight is 240 g/mol. The summed E-state index contributed by atoms with van der Waals surface area (Å²) >= 11 is 0. The van der Waals surface area contributed by atoms with Crippen LogP contribution in [0.1, 0.15) is 0 Å². The Kier molecular flexibility index (Phi) is 3.79. The summed E-state index contributed by atoms with van der Waals surface area (Å²) in [7, 11) is -10.4. The number of rotatable bonds is 2. The van der Waals surface area contributed by atoms with Gasteiger partial charge in [-0.25, -0.2) is 5.10 Å². The second-order valence-electron chi connectivity index (χ2n) is 1.80. The van der Waals surface area contributed by atoms with Gasteiger partial charge in [0.15, 0.2) is 0 Å². The van der Waals surface area contributed by atoms with Crippen molar-refractivity contribution in [1.82, 2.24) is 15.2 Å². The summed E-state index contributed by atoms with van der Waals surface area (Å²) in [6.45, 7) is 0. The third-order valence-corrected chi connectivity index (χ3v) is 2.16. The SMILES string of the molecule is O=S(=O)(F)c1n[nH]c(S(=O)(=O)F)n1.[Li]. The minimum Gasteiger partial charge on any atom is -0.246 e. The van der Waals surface area contributed by atoms with Crippen LogP contribution in [0.2, 0.25) is 0 Å². The molecule has 14 heavy (non-hydrogen) atoms. The first-order chi connectivity index (χ1) is 5.71. The maximum absolute atomic E-state index is 12.0. The molecule has 0 unspecified atom stereocenters. The van der Waals surface area contributed by atoms with Crippen molar-refractivity contribution in [3.05, 3.63) is 0 Å². The average Bonchev–Trinajstić information content (AvgIpc) is 2.28. The predicted octanol–water partition coefficient (Wildman–Crippen LogP) is -1.26. The van der Waals surface area contributed by atoms with E-state index in [9.17, 15) is 24.6 Å². The summed E-state index contributed by atoms with van der Waals surface area (Å²) in [5, 5.41) is 1.26. The molecule has 1 N–H and O–H groups in total. The Morgan fingerprint density at radius 2 is 1.57 bits per heavy atom. The van der Waals surface area contributed by atoms with Crippen LogP contribution in [-0.4, -0.2) is 50.9 Å². The number of aromatic nitrogens is 3. The molecule has 0 saturated heterocycles. The molecule has 0 amide bonds. The minimum absolute atomic E-state index is 0. The third-order valence-electron chi connectivity index (χ3n) is 0.893. The fraction of sp³-hybridized carbons (Fsp3) is 0. The van der Waals surface area contributed by atoms with Crippen LogP contribution in [0, 0.1) is 0 Å². The monoisotopic (exact) mass is 240 g/mol. The van der Waals surface area contributed by atoms with Crippen LogP contribution in [0.15, 0.2) is 10.3 Å². The van der Waals surface area contributed by atoms with Gasteiger partial charge >= 0.3 is 20.4 Å². The van der Waals surface area contributed by atoms with Crippen molar-refractivity contribution in [2.24, 2.45) is 0 Å². The summed E-state index contributed by atoms with van der Waals surface area (Å²) in [6.07, 6.45) is 0. The number of nitrogens with zero attached hydrogens (tertiary/aromatic N) is 2. The van der Waals surface area contributed by atoms with Gasteiger partial charge in [-0.1, -0.05) is 7.77 Å². The van der Waals surface area contributed by atoms with Gasteiger partial charge in [-0.05, 0) is 0 Å². The molecule has 0 spiro atoms. The van der Waals surface area contributed by atoms with E-state index in [1.54, 1.807) is 0 Å². The Hall–Kier alpha value is -0.503. The maximum atomic E-state index is 12.0. The molecule has 7 nitrogen and oxygen atoms in total. The van der Waals surface area contributed by atoms with Gasteiger partial charge in [-0.15, -0.1) is 5.10 Å². The Balaban J connectivity index is 0.00000169. The zero-order valence-electron chi connectivity index (χ0n) is 6.60. The van der Waals surface area contributed by atoms with E-state index >= 15 is 0 Å². The Bertz CT molecular complexity index is 474. The van der Waals surface area contributed by atoms with Crippen LogP contribution in [0.3, 0.4) is 0 Å². The Labute approximate surface area is 89.5 Å². The molecule has 0 saturated carbocycles. The van der Waals surface area contributed by atoms with Crippen LogP contribution in [0.5, 0.6) is 0 Å². The van der Waals surface area contributed by atoms with E-state index in [0.29, 0.717) is 0 Å². The van der Waals surface area contributed by atoms with Crippen LogP contribution < -0.4 is 0 Å². The molecular weight excluding hydrogens is 239 g/mol. The molecule has 0 fully saturated rings. The molecule has 0 aliphatic carbocycles. The summed E-state index contributed by atoms with van der Waals surface area (Å²) in [5.74, 6) is 0. The predicted molar refractivity (Wildman–Crippen MR) is 38.7 cm³/mol. The standard InChI is InChI=1S/C2HF2N3O4S2.Li/c3-12(8,9)1-5-2(7-6-1)13(4,10)11;/h(H,5,6,7);. The van der Waals surface area contributed by atoms with E-state index < -0.39 is 30.8 Å². The molecule has 0 aliphatic rings. The van der Waals surface area contributed by atoms with E-state index in [4.69, 9.17) is 0 Å². The van der Waals surface area contributed by atoms with Crippen molar-refractivity contribution < 1.29 is 24.6 Å². The molecule has 1 radical (unpaired) electrons. The van der Waals surface area contributed by atoms with Crippen molar-refractivity contribution in [3.63, 3.8) is 0 Å². The summed E-state index contributed by atoms with van der Waals surface area (Å²) in [4.78, 5) is 2.56. The number of aromatic amines is 1. The largest absolute Gasteiger partial charge is 0.369 e. The fourth-order valence-corrected chi connectivity index (χ4v) is 1.21. The molecule has 0 aliphatic heterocycles. The van der Waals surface area contributed by atoms with Gasteiger partial charge in [0.1, 0.15) is 0 Å². The van der Waals surface area contributed by atoms with Crippen molar-refractivity contribution in [1.29, 1.82) is 0 Å². The number of hydrogen-bond donors (Lipinski definition) is 1. The fourth-order valence-electron chi connectivity index (χ4n) is 0.451. The summed E-state index contributed by atoms with van der Waals surface area (Å²) in [5.41, 5.74) is 0. The van der Waals surface area contributed by atoms with Gasteiger partial charge in [0.2, 0.25) is 0 Å². The van der Waals surface area contributed by atoms with E-state index in [-0.39, 0.29) is 18.9 Å². The van der Waals surface area contributed by atoms with Crippen LogP contribution >= 0.6 is 0 Å². The van der Waals surface area contributed by atoms with E-state index in [1.807, 2.05) is 0 Å². The number of halogens is 2. The normalized spacial score (nSPS) is 12.1. The molecule has 0 bridgehead atoms. The second-order valence-corrected chi connectivity index (χ2v) is 4.30. The van der Waals surface area contributed by atoms with Gasteiger partial charge in [-0.2, -0.15) is 21.8 Å². The molecule has 1 aromatic heterocycles. The first-order valence-electron chi connectivity index (χ1n) is 2.53. The first-order valence-corrected chi connectivity index (χ1v) is 5.29. The van der Waals surface area contributed by atoms with Gasteiger partial charge in [0.05, 0.1) is 0 Å². The second kappa shape index (κ2) is 3.93. The number of nitrogens with one attached hydrogen (secondary N) is 1. The van der Waals surface area contributed by atoms with Crippen molar-refractivity contribution >= 4 is 39.3 Å². The molecule has 12 heteroatoms. The quantitative estimate of drug-likeness (QED) is 0.510. The van der Waals surface area contributed by atoms with Crippen LogP contribution in [0.4, 0.5) is 7.77 Å². The number of hydrogen-bond acceptors (Lipinski definition) is 6. The van der Waals surface area contributed by atoms with Crippen molar-refractivity contribution in [3.8, 4) is 0 Å². The molecule has 0 atom stereocenters. The molecule has 0 aromatic carbocycles. The molecule has 1 rings (SSSR count). The van der Waals surface area contributed by atoms with Gasteiger partial charge < -0.3 is 0 Å². The van der Waals surface area contributed by atoms with Gasteiger partial charge in [0, 0.05) is 18.9 Å². The topological polar surface area (TPSA) is 110 Å². The Morgan fingerprint density at radius 1 is 1.07 bits per heavy atom. The van der Waals surface area contributed by atoms with Crippen LogP contribution in [0.25, 0.3) is 0 Å². The maximum Gasteiger partial charge on any atom is 0.369 e. The molecule has 75 valence electrons. The Morgan fingerprint density at radius 3 is 1.79 bits per heavy atom. The molecule has 1 aromatic rings. The molecule has 1 heterocycles. The van der Waals surface area contributed by atoms with Gasteiger partial charge in [-0.3, -0.25) is 0 Å². The smallest absolute Gasteiger partial charge is 0.246 e. The third kappa shape index (κ3) is 3.02. The van der Waals surface area contributed by atoms with Gasteiger partial charge in [0.25, 0.3) is 10.3 Å². The first kappa shape index (κ1) is 13.5. The zero-order chi connectivity index (χ0) is 10.3. The zero-order valence-corrected chi connectivity index (χ0v) is 8.23. The van der Waals surface area contributed by atoms with Crippen molar-refractivity contribution in [2.75, 3.05) is 0 Å². The van der Waals surface area contributed by atoms with E-state index in [2.05, 4.69) is 10.1 Å². The number of H-pyrrole nitrogens is 1. The summed E-state index contributed by atoms with van der Waals surface area (Å²) < 4.78 is 64.3. The van der Waals surface area contributed by atoms with E-state index in [1.165, 1.54) is 5.10 Å². The van der Waals surface area contributed by atoms with Crippen molar-refractivity contribution in [2.45, 2.75) is 10.3 Å². The summed E-state index contributed by atoms with van der Waals surface area (Å²) in [6, 6.07) is 0. The van der Waals surface area contributed by atoms with E-state index in [0.717, 1.165) is 0 Å².